The van der Waals surface area contributed by atoms with Gasteiger partial charge < -0.3 is 19.5 Å². The smallest absolute Gasteiger partial charge is 0.332 e. The van der Waals surface area contributed by atoms with E-state index in [9.17, 15) is 18.0 Å². The van der Waals surface area contributed by atoms with Crippen LogP contribution >= 0.6 is 0 Å². The van der Waals surface area contributed by atoms with Gasteiger partial charge in [0.2, 0.25) is 10.0 Å². The summed E-state index contributed by atoms with van der Waals surface area (Å²) >= 11 is 0. The number of piperidine rings is 1. The number of rotatable bonds is 4. The molecule has 3 aliphatic rings. The zero-order valence-electron chi connectivity index (χ0n) is 14.0. The van der Waals surface area contributed by atoms with Crippen LogP contribution in [0.2, 0.25) is 0 Å². The van der Waals surface area contributed by atoms with Gasteiger partial charge in [-0.25, -0.2) is 13.2 Å². The molecule has 1 N–H and O–H groups in total. The van der Waals surface area contributed by atoms with Gasteiger partial charge in [-0.2, -0.15) is 4.31 Å². The predicted molar refractivity (Wildman–Crippen MR) is 86.4 cm³/mol. The number of carbonyl (C=O) groups excluding carboxylic acids is 1. The molecule has 0 aromatic carbocycles. The molecule has 0 aromatic heterocycles. The van der Waals surface area contributed by atoms with E-state index in [0.29, 0.717) is 58.5 Å². The zero-order valence-corrected chi connectivity index (χ0v) is 14.8. The maximum absolute atomic E-state index is 12.8. The molecule has 0 bridgehead atoms. The fourth-order valence-corrected chi connectivity index (χ4v) is 5.51. The Bertz CT molecular complexity index is 617. The van der Waals surface area contributed by atoms with Crippen molar-refractivity contribution in [3.8, 4) is 0 Å². The van der Waals surface area contributed by atoms with Crippen molar-refractivity contribution < 1.29 is 32.6 Å². The topological polar surface area (TPSA) is 113 Å². The number of carboxylic acid groups (broad SMARTS) is 1. The highest BCUT2D eigenvalue weighted by atomic mass is 32.2. The third-order valence-corrected chi connectivity index (χ3v) is 7.32. The van der Waals surface area contributed by atoms with Crippen LogP contribution in [0, 0.1) is 0 Å². The molecule has 142 valence electrons. The molecule has 0 saturated carbocycles. The first-order valence-electron chi connectivity index (χ1n) is 8.63. The Hall–Kier alpha value is -1.23. The van der Waals surface area contributed by atoms with Crippen molar-refractivity contribution in [1.82, 2.24) is 9.21 Å². The van der Waals surface area contributed by atoms with Gasteiger partial charge in [0, 0.05) is 26.2 Å². The second-order valence-corrected chi connectivity index (χ2v) is 8.85. The summed E-state index contributed by atoms with van der Waals surface area (Å²) in [5, 5.41) is 8.35. The fraction of sp³-hybridized carbons (Fsp3) is 0.867. The Morgan fingerprint density at radius 1 is 1.00 bits per heavy atom. The van der Waals surface area contributed by atoms with E-state index in [1.807, 2.05) is 0 Å². The van der Waals surface area contributed by atoms with Gasteiger partial charge in [0.1, 0.15) is 6.10 Å². The van der Waals surface area contributed by atoms with Crippen molar-refractivity contribution in [2.24, 2.45) is 0 Å². The minimum Gasteiger partial charge on any atom is -0.479 e. The summed E-state index contributed by atoms with van der Waals surface area (Å²) in [6, 6.07) is 0. The number of carbonyl (C=O) groups is 2. The van der Waals surface area contributed by atoms with Crippen LogP contribution in [0.1, 0.15) is 25.7 Å². The first-order chi connectivity index (χ1) is 11.9. The summed E-state index contributed by atoms with van der Waals surface area (Å²) < 4.78 is 37.5. The number of morpholine rings is 1. The Balaban J connectivity index is 1.63. The molecule has 3 heterocycles. The minimum absolute atomic E-state index is 0.135. The van der Waals surface area contributed by atoms with E-state index in [-0.39, 0.29) is 12.5 Å². The van der Waals surface area contributed by atoms with Crippen molar-refractivity contribution in [3.63, 3.8) is 0 Å². The van der Waals surface area contributed by atoms with Gasteiger partial charge in [-0.15, -0.1) is 0 Å². The number of likely N-dealkylation sites (tertiary alicyclic amines) is 1. The molecule has 0 radical (unpaired) electrons. The number of hydrogen-bond donors (Lipinski definition) is 1. The first kappa shape index (κ1) is 18.6. The molecule has 10 heteroatoms. The fourth-order valence-electron chi connectivity index (χ4n) is 3.60. The van der Waals surface area contributed by atoms with Crippen molar-refractivity contribution in [1.29, 1.82) is 0 Å². The summed E-state index contributed by atoms with van der Waals surface area (Å²) in [5.41, 5.74) is 0. The molecule has 3 aliphatic heterocycles. The van der Waals surface area contributed by atoms with Gasteiger partial charge in [0.15, 0.2) is 6.10 Å². The van der Waals surface area contributed by atoms with Crippen LogP contribution in [0.5, 0.6) is 0 Å². The number of sulfonamides is 1. The third-order valence-electron chi connectivity index (χ3n) is 5.01. The minimum atomic E-state index is -3.47. The highest BCUT2D eigenvalue weighted by molar-refractivity contribution is 7.89. The summed E-state index contributed by atoms with van der Waals surface area (Å²) in [6.45, 7) is 2.08. The SMILES string of the molecule is O=C(O)[C@H]1CC[C@@H](C(=O)N2CCCC(S(=O)(=O)N3CCOCC3)C2)O1. The number of hydrogen-bond acceptors (Lipinski definition) is 6. The summed E-state index contributed by atoms with van der Waals surface area (Å²) in [4.78, 5) is 25.1. The Labute approximate surface area is 146 Å². The van der Waals surface area contributed by atoms with Crippen LogP contribution in [0.3, 0.4) is 0 Å². The maximum atomic E-state index is 12.8. The standard InChI is InChI=1S/C15H24N2O7S/c18-14(12-3-4-13(24-12)15(19)20)16-5-1-2-11(10-16)25(21,22)17-6-8-23-9-7-17/h11-13H,1-10H2,(H,19,20)/t11?,12-,13+/m0/s1. The Morgan fingerprint density at radius 3 is 2.32 bits per heavy atom. The molecule has 3 atom stereocenters. The first-order valence-corrected chi connectivity index (χ1v) is 10.1. The van der Waals surface area contributed by atoms with Crippen LogP contribution in [-0.2, 0) is 29.1 Å². The van der Waals surface area contributed by atoms with E-state index >= 15 is 0 Å². The van der Waals surface area contributed by atoms with E-state index < -0.39 is 33.5 Å². The van der Waals surface area contributed by atoms with Gasteiger partial charge in [0.25, 0.3) is 5.91 Å². The van der Waals surface area contributed by atoms with Gasteiger partial charge in [-0.1, -0.05) is 0 Å². The highest BCUT2D eigenvalue weighted by Crippen LogP contribution is 2.26. The molecular weight excluding hydrogens is 352 g/mol. The maximum Gasteiger partial charge on any atom is 0.332 e. The van der Waals surface area contributed by atoms with Gasteiger partial charge in [-0.3, -0.25) is 4.79 Å². The average Bonchev–Trinajstić information content (AvgIpc) is 3.12. The molecule has 9 nitrogen and oxygen atoms in total. The number of ether oxygens (including phenoxy) is 2. The van der Waals surface area contributed by atoms with Crippen molar-refractivity contribution in [2.45, 2.75) is 43.1 Å². The molecule has 0 aliphatic carbocycles. The molecule has 1 amide bonds. The average molecular weight is 376 g/mol. The molecule has 3 fully saturated rings. The third kappa shape index (κ3) is 3.97. The van der Waals surface area contributed by atoms with Crippen LogP contribution in [0.4, 0.5) is 0 Å². The lowest BCUT2D eigenvalue weighted by Crippen LogP contribution is -2.53. The molecule has 1 unspecified atom stereocenters. The van der Waals surface area contributed by atoms with E-state index in [1.54, 1.807) is 0 Å². The Morgan fingerprint density at radius 2 is 1.68 bits per heavy atom. The van der Waals surface area contributed by atoms with Crippen molar-refractivity contribution >= 4 is 21.9 Å². The summed E-state index contributed by atoms with van der Waals surface area (Å²) in [6.07, 6.45) is 0.0434. The molecule has 0 aromatic rings. The lowest BCUT2D eigenvalue weighted by Gasteiger charge is -2.37. The van der Waals surface area contributed by atoms with Crippen molar-refractivity contribution in [3.05, 3.63) is 0 Å². The number of amides is 1. The van der Waals surface area contributed by atoms with E-state index in [4.69, 9.17) is 14.6 Å². The van der Waals surface area contributed by atoms with Crippen LogP contribution in [0.15, 0.2) is 0 Å². The lowest BCUT2D eigenvalue weighted by molar-refractivity contribution is -0.155. The second kappa shape index (κ2) is 7.56. The monoisotopic (exact) mass is 376 g/mol. The Kier molecular flexibility index (Phi) is 5.62. The number of aliphatic carboxylic acids is 1. The molecule has 25 heavy (non-hydrogen) atoms. The zero-order chi connectivity index (χ0) is 18.0. The highest BCUT2D eigenvalue weighted by Gasteiger charge is 2.41. The summed E-state index contributed by atoms with van der Waals surface area (Å²) in [5.74, 6) is -1.37. The second-order valence-electron chi connectivity index (χ2n) is 6.63. The largest absolute Gasteiger partial charge is 0.479 e. The van der Waals surface area contributed by atoms with Crippen LogP contribution in [-0.4, -0.2) is 91.5 Å². The molecule has 3 rings (SSSR count). The molecule has 3 saturated heterocycles. The van der Waals surface area contributed by atoms with Gasteiger partial charge >= 0.3 is 5.97 Å². The normalized spacial score (nSPS) is 31.8. The van der Waals surface area contributed by atoms with Gasteiger partial charge in [0.05, 0.1) is 18.5 Å². The van der Waals surface area contributed by atoms with E-state index in [1.165, 1.54) is 9.21 Å². The molecular formula is C15H24N2O7S. The van der Waals surface area contributed by atoms with E-state index in [2.05, 4.69) is 0 Å². The van der Waals surface area contributed by atoms with Crippen LogP contribution in [0.25, 0.3) is 0 Å². The quantitative estimate of drug-likeness (QED) is 0.688. The summed E-state index contributed by atoms with van der Waals surface area (Å²) in [7, 11) is -3.47. The lowest BCUT2D eigenvalue weighted by atomic mass is 10.1. The predicted octanol–water partition coefficient (Wildman–Crippen LogP) is -0.728. The van der Waals surface area contributed by atoms with Crippen LogP contribution < -0.4 is 0 Å². The molecule has 0 spiro atoms. The number of nitrogens with zero attached hydrogens (tertiary/aromatic N) is 2. The van der Waals surface area contributed by atoms with Gasteiger partial charge in [-0.05, 0) is 25.7 Å². The number of carboxylic acids is 1. The van der Waals surface area contributed by atoms with Crippen molar-refractivity contribution in [2.75, 3.05) is 39.4 Å². The van der Waals surface area contributed by atoms with E-state index in [0.717, 1.165) is 0 Å².